The van der Waals surface area contributed by atoms with Gasteiger partial charge in [0.15, 0.2) is 0 Å². The van der Waals surface area contributed by atoms with Crippen LogP contribution in [0, 0.1) is 11.2 Å². The van der Waals surface area contributed by atoms with E-state index >= 15 is 4.39 Å². The molecule has 0 N–H and O–H groups in total. The van der Waals surface area contributed by atoms with E-state index in [1.165, 1.54) is 25.8 Å². The summed E-state index contributed by atoms with van der Waals surface area (Å²) in [6.07, 6.45) is 7.28. The molecule has 1 aromatic rings. The third-order valence-corrected chi connectivity index (χ3v) is 7.87. The van der Waals surface area contributed by atoms with Gasteiger partial charge < -0.3 is 14.5 Å². The fourth-order valence-electron chi connectivity index (χ4n) is 6.05. The Morgan fingerprint density at radius 3 is 2.64 bits per heavy atom. The first kappa shape index (κ1) is 18.7. The van der Waals surface area contributed by atoms with Crippen molar-refractivity contribution >= 4 is 11.4 Å². The van der Waals surface area contributed by atoms with Crippen LogP contribution in [0.1, 0.15) is 45.4 Å². The second-order valence-corrected chi connectivity index (χ2v) is 9.54. The summed E-state index contributed by atoms with van der Waals surface area (Å²) < 4.78 is 20.6. The van der Waals surface area contributed by atoms with Crippen LogP contribution in [0.4, 0.5) is 15.8 Å². The minimum Gasteiger partial charge on any atom is -0.381 e. The Bertz CT molecular complexity index is 705. The van der Waals surface area contributed by atoms with Gasteiger partial charge in [-0.15, -0.1) is 0 Å². The van der Waals surface area contributed by atoms with Crippen molar-refractivity contribution in [1.29, 1.82) is 0 Å². The zero-order chi connectivity index (χ0) is 19.1. The van der Waals surface area contributed by atoms with Gasteiger partial charge in [-0.1, -0.05) is 0 Å². The monoisotopic (exact) mass is 387 g/mol. The summed E-state index contributed by atoms with van der Waals surface area (Å²) in [4.78, 5) is 7.29. The van der Waals surface area contributed by atoms with E-state index < -0.39 is 0 Å². The van der Waals surface area contributed by atoms with Gasteiger partial charge in [0.05, 0.1) is 5.69 Å². The molecule has 4 heterocycles. The predicted octanol–water partition coefficient (Wildman–Crippen LogP) is 3.90. The molecule has 0 bridgehead atoms. The minimum absolute atomic E-state index is 0.0550. The van der Waals surface area contributed by atoms with Crippen molar-refractivity contribution in [3.63, 3.8) is 0 Å². The number of hydrogen-bond donors (Lipinski definition) is 0. The van der Waals surface area contributed by atoms with E-state index in [4.69, 9.17) is 4.74 Å². The number of benzene rings is 1. The molecule has 0 aromatic heterocycles. The first-order chi connectivity index (χ1) is 13.6. The standard InChI is InChI=1S/C23H34FN3O/c1-18-3-2-10-27(18)20-6-11-25(16-20)22-5-4-19(15-21(22)24)26-12-7-23(17-26)8-13-28-14-9-23/h4-5,15,18,20H,2-3,6-14,16-17H2,1H3/t18-,20-/m0/s1. The summed E-state index contributed by atoms with van der Waals surface area (Å²) in [6.45, 7) is 9.34. The molecule has 4 aliphatic rings. The summed E-state index contributed by atoms with van der Waals surface area (Å²) in [5.74, 6) is -0.0550. The molecule has 5 rings (SSSR count). The second-order valence-electron chi connectivity index (χ2n) is 9.54. The SMILES string of the molecule is C[C@H]1CCCN1[C@H]1CCN(c2ccc(N3CCC4(CCOCC4)C3)cc2F)C1. The van der Waals surface area contributed by atoms with Crippen LogP contribution in [0.3, 0.4) is 0 Å². The van der Waals surface area contributed by atoms with Crippen LogP contribution in [0.25, 0.3) is 0 Å². The lowest BCUT2D eigenvalue weighted by atomic mass is 9.80. The van der Waals surface area contributed by atoms with Crippen molar-refractivity contribution in [2.45, 2.75) is 57.5 Å². The van der Waals surface area contributed by atoms with Gasteiger partial charge in [-0.25, -0.2) is 4.39 Å². The van der Waals surface area contributed by atoms with Crippen molar-refractivity contribution in [2.24, 2.45) is 5.41 Å². The van der Waals surface area contributed by atoms with Gasteiger partial charge in [-0.3, -0.25) is 4.90 Å². The molecule has 4 fully saturated rings. The van der Waals surface area contributed by atoms with Gasteiger partial charge >= 0.3 is 0 Å². The largest absolute Gasteiger partial charge is 0.381 e. The van der Waals surface area contributed by atoms with E-state index in [-0.39, 0.29) is 5.82 Å². The first-order valence-electron chi connectivity index (χ1n) is 11.3. The van der Waals surface area contributed by atoms with Crippen LogP contribution in [-0.2, 0) is 4.74 Å². The van der Waals surface area contributed by atoms with Crippen molar-refractivity contribution in [3.05, 3.63) is 24.0 Å². The Morgan fingerprint density at radius 1 is 1.04 bits per heavy atom. The molecular formula is C23H34FN3O. The minimum atomic E-state index is -0.0550. The topological polar surface area (TPSA) is 19.0 Å². The molecule has 0 amide bonds. The summed E-state index contributed by atoms with van der Waals surface area (Å²) >= 11 is 0. The van der Waals surface area contributed by atoms with Crippen LogP contribution in [0.5, 0.6) is 0 Å². The average molecular weight is 388 g/mol. The number of rotatable bonds is 3. The summed E-state index contributed by atoms with van der Waals surface area (Å²) in [5.41, 5.74) is 2.23. The zero-order valence-electron chi connectivity index (χ0n) is 17.2. The molecule has 4 nitrogen and oxygen atoms in total. The quantitative estimate of drug-likeness (QED) is 0.783. The number of ether oxygens (including phenoxy) is 1. The summed E-state index contributed by atoms with van der Waals surface area (Å²) in [5, 5.41) is 0. The second kappa shape index (κ2) is 7.49. The van der Waals surface area contributed by atoms with E-state index in [1.54, 1.807) is 6.07 Å². The Balaban J connectivity index is 1.26. The average Bonchev–Trinajstić information content (AvgIpc) is 3.43. The molecule has 1 aromatic carbocycles. The predicted molar refractivity (Wildman–Crippen MR) is 112 cm³/mol. The highest BCUT2D eigenvalue weighted by Gasteiger charge is 2.39. The smallest absolute Gasteiger partial charge is 0.148 e. The third kappa shape index (κ3) is 3.41. The number of anilines is 2. The maximum atomic E-state index is 15.1. The van der Waals surface area contributed by atoms with Crippen molar-refractivity contribution < 1.29 is 9.13 Å². The van der Waals surface area contributed by atoms with Crippen LogP contribution < -0.4 is 9.80 Å². The van der Waals surface area contributed by atoms with Crippen LogP contribution in [0.15, 0.2) is 18.2 Å². The van der Waals surface area contributed by atoms with Gasteiger partial charge in [-0.05, 0) is 75.6 Å². The van der Waals surface area contributed by atoms with E-state index in [2.05, 4.69) is 27.7 Å². The number of likely N-dealkylation sites (tertiary alicyclic amines) is 1. The molecule has 0 saturated carbocycles. The highest BCUT2D eigenvalue weighted by molar-refractivity contribution is 5.58. The molecule has 4 aliphatic heterocycles. The van der Waals surface area contributed by atoms with E-state index in [9.17, 15) is 0 Å². The number of hydrogen-bond acceptors (Lipinski definition) is 4. The molecule has 0 aliphatic carbocycles. The van der Waals surface area contributed by atoms with E-state index in [0.29, 0.717) is 17.5 Å². The molecule has 5 heteroatoms. The van der Waals surface area contributed by atoms with Gasteiger partial charge in [0.1, 0.15) is 5.82 Å². The summed E-state index contributed by atoms with van der Waals surface area (Å²) in [7, 11) is 0. The molecule has 28 heavy (non-hydrogen) atoms. The normalized spacial score (nSPS) is 30.6. The Hall–Kier alpha value is -1.33. The highest BCUT2D eigenvalue weighted by Crippen LogP contribution is 2.42. The highest BCUT2D eigenvalue weighted by atomic mass is 19.1. The lowest BCUT2D eigenvalue weighted by molar-refractivity contribution is 0.0254. The maximum Gasteiger partial charge on any atom is 0.148 e. The molecule has 1 spiro atoms. The van der Waals surface area contributed by atoms with Gasteiger partial charge in [0.25, 0.3) is 0 Å². The first-order valence-corrected chi connectivity index (χ1v) is 11.3. The number of nitrogens with zero attached hydrogens (tertiary/aromatic N) is 3. The Labute approximate surface area is 168 Å². The van der Waals surface area contributed by atoms with Crippen molar-refractivity contribution in [1.82, 2.24) is 4.90 Å². The zero-order valence-corrected chi connectivity index (χ0v) is 17.2. The lowest BCUT2D eigenvalue weighted by Gasteiger charge is -2.33. The Kier molecular flexibility index (Phi) is 5.00. The van der Waals surface area contributed by atoms with Crippen LogP contribution in [0.2, 0.25) is 0 Å². The van der Waals surface area contributed by atoms with Crippen LogP contribution in [-0.4, -0.2) is 62.9 Å². The molecule has 0 unspecified atom stereocenters. The van der Waals surface area contributed by atoms with Gasteiger partial charge in [-0.2, -0.15) is 0 Å². The summed E-state index contributed by atoms with van der Waals surface area (Å²) in [6, 6.07) is 7.21. The third-order valence-electron chi connectivity index (χ3n) is 7.87. The molecule has 154 valence electrons. The maximum absolute atomic E-state index is 15.1. The van der Waals surface area contributed by atoms with Crippen molar-refractivity contribution in [2.75, 3.05) is 55.7 Å². The Morgan fingerprint density at radius 2 is 1.89 bits per heavy atom. The van der Waals surface area contributed by atoms with Crippen LogP contribution >= 0.6 is 0 Å². The van der Waals surface area contributed by atoms with Crippen molar-refractivity contribution in [3.8, 4) is 0 Å². The van der Waals surface area contributed by atoms with Gasteiger partial charge in [0.2, 0.25) is 0 Å². The molecule has 0 radical (unpaired) electrons. The fraction of sp³-hybridized carbons (Fsp3) is 0.739. The van der Waals surface area contributed by atoms with E-state index in [1.807, 2.05) is 6.07 Å². The van der Waals surface area contributed by atoms with Gasteiger partial charge in [0, 0.05) is 57.2 Å². The van der Waals surface area contributed by atoms with E-state index in [0.717, 1.165) is 70.0 Å². The molecular weight excluding hydrogens is 353 g/mol. The molecule has 2 atom stereocenters. The lowest BCUT2D eigenvalue weighted by Crippen LogP contribution is -2.39. The molecule has 4 saturated heterocycles. The fourth-order valence-corrected chi connectivity index (χ4v) is 6.05. The number of halogens is 1.